The van der Waals surface area contributed by atoms with Crippen molar-refractivity contribution in [3.8, 4) is 0 Å². The summed E-state index contributed by atoms with van der Waals surface area (Å²) in [5, 5.41) is 3.08. The second kappa shape index (κ2) is 7.71. The number of hydrogen-bond donors (Lipinski definition) is 1. The Balaban J connectivity index is 1.77. The second-order valence-corrected chi connectivity index (χ2v) is 6.26. The first-order valence-corrected chi connectivity index (χ1v) is 8.02. The average molecular weight is 363 g/mol. The van der Waals surface area contributed by atoms with E-state index in [2.05, 4.69) is 5.32 Å². The molecule has 1 aliphatic heterocycles. The van der Waals surface area contributed by atoms with Gasteiger partial charge >= 0.3 is 5.97 Å². The van der Waals surface area contributed by atoms with Crippen molar-refractivity contribution < 1.29 is 19.1 Å². The van der Waals surface area contributed by atoms with Crippen molar-refractivity contribution in [2.75, 3.05) is 30.8 Å². The Bertz CT molecular complexity index is 612. The van der Waals surface area contributed by atoms with Crippen LogP contribution in [0.25, 0.3) is 0 Å². The smallest absolute Gasteiger partial charge is 0.326 e. The van der Waals surface area contributed by atoms with E-state index in [1.54, 1.807) is 12.1 Å². The number of esters is 1. The van der Waals surface area contributed by atoms with Crippen molar-refractivity contribution in [3.63, 3.8) is 0 Å². The molecule has 22 heavy (non-hydrogen) atoms. The standard InChI is InChI=1S/C13H12Cl2N2O4S/c14-8-1-2-10(9(15)5-8)16-11(18)7-21-12(19)6-17-3-4-22-13(17)20/h1-2,5H,3-4,6-7H2,(H,16,18). The SMILES string of the molecule is O=C(COC(=O)CN1CCSC1=O)Nc1ccc(Cl)cc1Cl. The highest BCUT2D eigenvalue weighted by atomic mass is 35.5. The van der Waals surface area contributed by atoms with Crippen LogP contribution >= 0.6 is 35.0 Å². The van der Waals surface area contributed by atoms with Crippen LogP contribution in [0.1, 0.15) is 0 Å². The maximum absolute atomic E-state index is 11.7. The Labute approximate surface area is 141 Å². The molecule has 9 heteroatoms. The largest absolute Gasteiger partial charge is 0.454 e. The summed E-state index contributed by atoms with van der Waals surface area (Å²) in [7, 11) is 0. The maximum Gasteiger partial charge on any atom is 0.326 e. The molecule has 118 valence electrons. The van der Waals surface area contributed by atoms with E-state index < -0.39 is 18.5 Å². The van der Waals surface area contributed by atoms with E-state index in [0.29, 0.717) is 23.0 Å². The predicted octanol–water partition coefficient (Wildman–Crippen LogP) is 2.64. The van der Waals surface area contributed by atoms with E-state index in [1.807, 2.05) is 0 Å². The van der Waals surface area contributed by atoms with Crippen LogP contribution in [0.3, 0.4) is 0 Å². The Hall–Kier alpha value is -1.44. The Morgan fingerprint density at radius 1 is 1.36 bits per heavy atom. The fourth-order valence-electron chi connectivity index (χ4n) is 1.69. The van der Waals surface area contributed by atoms with Crippen LogP contribution < -0.4 is 5.32 Å². The zero-order valence-electron chi connectivity index (χ0n) is 11.3. The van der Waals surface area contributed by atoms with Gasteiger partial charge in [0.2, 0.25) is 0 Å². The predicted molar refractivity (Wildman–Crippen MR) is 85.5 cm³/mol. The molecule has 1 aromatic carbocycles. The summed E-state index contributed by atoms with van der Waals surface area (Å²) in [5.74, 6) is -0.505. The molecule has 2 amide bonds. The van der Waals surface area contributed by atoms with Gasteiger partial charge in [0.25, 0.3) is 11.1 Å². The Morgan fingerprint density at radius 2 is 2.14 bits per heavy atom. The van der Waals surface area contributed by atoms with Crippen LogP contribution in [0, 0.1) is 0 Å². The number of benzene rings is 1. The molecule has 0 atom stereocenters. The minimum atomic E-state index is -0.631. The first-order valence-electron chi connectivity index (χ1n) is 6.28. The molecule has 1 heterocycles. The van der Waals surface area contributed by atoms with E-state index in [0.717, 1.165) is 11.8 Å². The van der Waals surface area contributed by atoms with Gasteiger partial charge in [-0.05, 0) is 18.2 Å². The molecule has 0 bridgehead atoms. The molecule has 2 rings (SSSR count). The molecule has 0 unspecified atom stereocenters. The fourth-order valence-corrected chi connectivity index (χ4v) is 2.97. The number of halogens is 2. The lowest BCUT2D eigenvalue weighted by atomic mass is 10.3. The summed E-state index contributed by atoms with van der Waals surface area (Å²) in [6, 6.07) is 4.61. The fraction of sp³-hybridized carbons (Fsp3) is 0.308. The van der Waals surface area contributed by atoms with E-state index in [9.17, 15) is 14.4 Å². The maximum atomic E-state index is 11.7. The lowest BCUT2D eigenvalue weighted by molar-refractivity contribution is -0.147. The number of nitrogens with zero attached hydrogens (tertiary/aromatic N) is 1. The highest BCUT2D eigenvalue weighted by Gasteiger charge is 2.24. The van der Waals surface area contributed by atoms with Gasteiger partial charge in [-0.1, -0.05) is 35.0 Å². The van der Waals surface area contributed by atoms with Gasteiger partial charge in [0.05, 0.1) is 10.7 Å². The van der Waals surface area contributed by atoms with Crippen LogP contribution in [0.2, 0.25) is 10.0 Å². The van der Waals surface area contributed by atoms with E-state index in [-0.39, 0.29) is 16.8 Å². The lowest BCUT2D eigenvalue weighted by Crippen LogP contribution is -2.32. The Morgan fingerprint density at radius 3 is 2.77 bits per heavy atom. The van der Waals surface area contributed by atoms with Crippen molar-refractivity contribution in [1.29, 1.82) is 0 Å². The van der Waals surface area contributed by atoms with Crippen molar-refractivity contribution in [2.24, 2.45) is 0 Å². The third-order valence-corrected chi connectivity index (χ3v) is 4.17. The van der Waals surface area contributed by atoms with Gasteiger partial charge in [-0.25, -0.2) is 0 Å². The third kappa shape index (κ3) is 4.79. The molecule has 1 saturated heterocycles. The monoisotopic (exact) mass is 362 g/mol. The first-order chi connectivity index (χ1) is 10.5. The molecule has 0 radical (unpaired) electrons. The van der Waals surface area contributed by atoms with E-state index in [1.165, 1.54) is 11.0 Å². The average Bonchev–Trinajstić information content (AvgIpc) is 2.85. The summed E-state index contributed by atoms with van der Waals surface area (Å²) in [4.78, 5) is 36.0. The van der Waals surface area contributed by atoms with Crippen LogP contribution in [0.4, 0.5) is 10.5 Å². The number of rotatable bonds is 5. The van der Waals surface area contributed by atoms with Gasteiger partial charge in [-0.2, -0.15) is 0 Å². The van der Waals surface area contributed by atoms with Crippen LogP contribution in [0.5, 0.6) is 0 Å². The highest BCUT2D eigenvalue weighted by molar-refractivity contribution is 8.13. The number of thioether (sulfide) groups is 1. The molecular weight excluding hydrogens is 351 g/mol. The minimum absolute atomic E-state index is 0.152. The number of anilines is 1. The summed E-state index contributed by atoms with van der Waals surface area (Å²) in [5.41, 5.74) is 0.373. The summed E-state index contributed by atoms with van der Waals surface area (Å²) in [6.45, 7) is -0.0983. The van der Waals surface area contributed by atoms with Crippen molar-refractivity contribution in [2.45, 2.75) is 0 Å². The molecule has 6 nitrogen and oxygen atoms in total. The topological polar surface area (TPSA) is 75.7 Å². The van der Waals surface area contributed by atoms with Gasteiger partial charge in [0, 0.05) is 17.3 Å². The van der Waals surface area contributed by atoms with Gasteiger partial charge in [-0.15, -0.1) is 0 Å². The number of ether oxygens (including phenoxy) is 1. The Kier molecular flexibility index (Phi) is 5.93. The number of amides is 2. The van der Waals surface area contributed by atoms with Gasteiger partial charge in [0.1, 0.15) is 6.54 Å². The number of carbonyl (C=O) groups is 3. The van der Waals surface area contributed by atoms with Crippen LogP contribution in [-0.4, -0.2) is 47.5 Å². The van der Waals surface area contributed by atoms with Crippen LogP contribution in [0.15, 0.2) is 18.2 Å². The van der Waals surface area contributed by atoms with Crippen LogP contribution in [-0.2, 0) is 14.3 Å². The highest BCUT2D eigenvalue weighted by Crippen LogP contribution is 2.25. The third-order valence-electron chi connectivity index (χ3n) is 2.73. The summed E-state index contributed by atoms with van der Waals surface area (Å²) < 4.78 is 4.83. The van der Waals surface area contributed by atoms with Gasteiger partial charge < -0.3 is 15.0 Å². The zero-order valence-corrected chi connectivity index (χ0v) is 13.6. The molecule has 0 aliphatic carbocycles. The van der Waals surface area contributed by atoms with Crippen molar-refractivity contribution >= 4 is 57.8 Å². The second-order valence-electron chi connectivity index (χ2n) is 4.37. The molecule has 1 aliphatic rings. The molecule has 0 spiro atoms. The number of carbonyl (C=O) groups excluding carboxylic acids is 3. The summed E-state index contributed by atoms with van der Waals surface area (Å²) in [6.07, 6.45) is 0. The number of hydrogen-bond acceptors (Lipinski definition) is 5. The molecule has 1 fully saturated rings. The van der Waals surface area contributed by atoms with E-state index >= 15 is 0 Å². The lowest BCUT2D eigenvalue weighted by Gasteiger charge is -2.13. The zero-order chi connectivity index (χ0) is 16.1. The molecule has 0 saturated carbocycles. The minimum Gasteiger partial charge on any atom is -0.454 e. The van der Waals surface area contributed by atoms with E-state index in [4.69, 9.17) is 27.9 Å². The molecule has 1 N–H and O–H groups in total. The first kappa shape index (κ1) is 16.9. The van der Waals surface area contributed by atoms with Crippen molar-refractivity contribution in [3.05, 3.63) is 28.2 Å². The number of nitrogens with one attached hydrogen (secondary N) is 1. The normalized spacial score (nSPS) is 14.1. The van der Waals surface area contributed by atoms with Crippen molar-refractivity contribution in [1.82, 2.24) is 4.90 Å². The molecular formula is C13H12Cl2N2O4S. The molecule has 0 aromatic heterocycles. The van der Waals surface area contributed by atoms with Gasteiger partial charge in [0.15, 0.2) is 6.61 Å². The quantitative estimate of drug-likeness (QED) is 0.814. The van der Waals surface area contributed by atoms with Gasteiger partial charge in [-0.3, -0.25) is 14.4 Å². The summed E-state index contributed by atoms with van der Waals surface area (Å²) >= 11 is 12.8. The molecule has 1 aromatic rings.